The number of nitrogens with one attached hydrogen (secondary N) is 1. The van der Waals surface area contributed by atoms with Crippen molar-refractivity contribution in [1.82, 2.24) is 19.6 Å². The van der Waals surface area contributed by atoms with Gasteiger partial charge in [-0.05, 0) is 11.6 Å². The fraction of sp³-hybridized carbons (Fsp3) is 0.294. The number of rotatable bonds is 3. The molecule has 0 spiro atoms. The Kier molecular flexibility index (Phi) is 4.37. The van der Waals surface area contributed by atoms with Crippen LogP contribution in [0.4, 0.5) is 0 Å². The lowest BCUT2D eigenvalue weighted by Gasteiger charge is -2.36. The summed E-state index contributed by atoms with van der Waals surface area (Å²) in [5, 5.41) is 6.08. The van der Waals surface area contributed by atoms with Crippen LogP contribution in [-0.2, 0) is 6.54 Å². The maximum Gasteiger partial charge on any atom is 0.258 e. The molecule has 0 radical (unpaired) electrons. The summed E-state index contributed by atoms with van der Waals surface area (Å²) in [7, 11) is 0. The van der Waals surface area contributed by atoms with Gasteiger partial charge < -0.3 is 5.32 Å². The minimum atomic E-state index is -0.0272. The molecule has 124 valence electrons. The number of hydrogen-bond acceptors (Lipinski definition) is 5. The fourth-order valence-electron chi connectivity index (χ4n) is 3.16. The number of benzene rings is 1. The van der Waals surface area contributed by atoms with Gasteiger partial charge in [0.1, 0.15) is 0 Å². The van der Waals surface area contributed by atoms with E-state index in [1.165, 1.54) is 11.3 Å². The van der Waals surface area contributed by atoms with Gasteiger partial charge in [-0.25, -0.2) is 4.98 Å². The third kappa shape index (κ3) is 2.98. The number of halogens is 1. The highest BCUT2D eigenvalue weighted by Crippen LogP contribution is 2.29. The van der Waals surface area contributed by atoms with E-state index in [4.69, 9.17) is 11.6 Å². The second-order valence-electron chi connectivity index (χ2n) is 5.85. The molecular formula is C17H17ClN4OS. The highest BCUT2D eigenvalue weighted by Gasteiger charge is 2.26. The molecule has 1 saturated heterocycles. The molecule has 5 nitrogen and oxygen atoms in total. The second-order valence-corrected chi connectivity index (χ2v) is 7.13. The fourth-order valence-corrected chi connectivity index (χ4v) is 4.16. The third-order valence-electron chi connectivity index (χ3n) is 4.34. The molecule has 1 aromatic carbocycles. The van der Waals surface area contributed by atoms with E-state index in [-0.39, 0.29) is 11.6 Å². The van der Waals surface area contributed by atoms with E-state index < -0.39 is 0 Å². The molecule has 1 aliphatic heterocycles. The highest BCUT2D eigenvalue weighted by atomic mass is 35.5. The third-order valence-corrected chi connectivity index (χ3v) is 5.44. The smallest absolute Gasteiger partial charge is 0.258 e. The summed E-state index contributed by atoms with van der Waals surface area (Å²) in [5.74, 6) is 0. The van der Waals surface area contributed by atoms with Gasteiger partial charge in [-0.15, -0.1) is 11.3 Å². The monoisotopic (exact) mass is 360 g/mol. The average Bonchev–Trinajstić information content (AvgIpc) is 3.05. The molecule has 2 aromatic heterocycles. The van der Waals surface area contributed by atoms with Gasteiger partial charge in [0.15, 0.2) is 4.96 Å². The summed E-state index contributed by atoms with van der Waals surface area (Å²) in [4.78, 5) is 19.9. The number of fused-ring (bicyclic) bond motifs is 1. The zero-order chi connectivity index (χ0) is 16.5. The van der Waals surface area contributed by atoms with Crippen LogP contribution in [0, 0.1) is 0 Å². The number of aromatic nitrogens is 2. The van der Waals surface area contributed by atoms with E-state index in [2.05, 4.69) is 21.3 Å². The minimum Gasteiger partial charge on any atom is -0.314 e. The summed E-state index contributed by atoms with van der Waals surface area (Å²) in [6.45, 7) is 3.29. The van der Waals surface area contributed by atoms with Crippen LogP contribution < -0.4 is 10.9 Å². The summed E-state index contributed by atoms with van der Waals surface area (Å²) in [5.41, 5.74) is 1.89. The van der Waals surface area contributed by atoms with Gasteiger partial charge in [0, 0.05) is 54.9 Å². The van der Waals surface area contributed by atoms with Crippen LogP contribution in [0.2, 0.25) is 5.02 Å². The lowest BCUT2D eigenvalue weighted by Crippen LogP contribution is -2.45. The van der Waals surface area contributed by atoms with Crippen molar-refractivity contribution >= 4 is 27.9 Å². The normalized spacial score (nSPS) is 19.0. The van der Waals surface area contributed by atoms with Gasteiger partial charge in [-0.2, -0.15) is 0 Å². The number of thiazole rings is 1. The zero-order valence-corrected chi connectivity index (χ0v) is 14.6. The Morgan fingerprint density at radius 1 is 1.38 bits per heavy atom. The SMILES string of the molecule is O=c1cc(CN2CCNCC2c2ccccc2Cl)nc2sccn12. The first-order valence-electron chi connectivity index (χ1n) is 7.87. The van der Waals surface area contributed by atoms with Crippen LogP contribution in [0.1, 0.15) is 17.3 Å². The molecular weight excluding hydrogens is 344 g/mol. The summed E-state index contributed by atoms with van der Waals surface area (Å²) >= 11 is 7.87. The Morgan fingerprint density at radius 3 is 3.12 bits per heavy atom. The van der Waals surface area contributed by atoms with Crippen molar-refractivity contribution in [2.75, 3.05) is 19.6 Å². The van der Waals surface area contributed by atoms with E-state index >= 15 is 0 Å². The van der Waals surface area contributed by atoms with Crippen molar-refractivity contribution < 1.29 is 0 Å². The molecule has 1 N–H and O–H groups in total. The molecule has 4 rings (SSSR count). The van der Waals surface area contributed by atoms with E-state index in [1.807, 2.05) is 23.6 Å². The molecule has 1 unspecified atom stereocenters. The molecule has 1 aliphatic rings. The van der Waals surface area contributed by atoms with Crippen LogP contribution in [0.3, 0.4) is 0 Å². The van der Waals surface area contributed by atoms with Crippen molar-refractivity contribution in [3.63, 3.8) is 0 Å². The molecule has 3 aromatic rings. The molecule has 24 heavy (non-hydrogen) atoms. The van der Waals surface area contributed by atoms with Crippen molar-refractivity contribution in [1.29, 1.82) is 0 Å². The van der Waals surface area contributed by atoms with Gasteiger partial charge in [0.25, 0.3) is 5.56 Å². The lowest BCUT2D eigenvalue weighted by atomic mass is 10.0. The van der Waals surface area contributed by atoms with Gasteiger partial charge in [-0.1, -0.05) is 29.8 Å². The summed E-state index contributed by atoms with van der Waals surface area (Å²) in [6.07, 6.45) is 1.76. The van der Waals surface area contributed by atoms with Crippen LogP contribution in [0.5, 0.6) is 0 Å². The van der Waals surface area contributed by atoms with Gasteiger partial charge >= 0.3 is 0 Å². The van der Waals surface area contributed by atoms with Gasteiger partial charge in [0.05, 0.1) is 5.69 Å². The first-order valence-corrected chi connectivity index (χ1v) is 9.13. The standard InChI is InChI=1S/C17H17ClN4OS/c18-14-4-2-1-3-13(14)15-10-19-5-6-21(15)11-12-9-16(23)22-7-8-24-17(22)20-12/h1-4,7-9,15,19H,5-6,10-11H2. The summed E-state index contributed by atoms with van der Waals surface area (Å²) in [6, 6.07) is 9.75. The van der Waals surface area contributed by atoms with Crippen LogP contribution in [-0.4, -0.2) is 33.9 Å². The Bertz CT molecular complexity index is 922. The quantitative estimate of drug-likeness (QED) is 0.780. The average molecular weight is 361 g/mol. The van der Waals surface area contributed by atoms with Crippen molar-refractivity contribution in [2.45, 2.75) is 12.6 Å². The highest BCUT2D eigenvalue weighted by molar-refractivity contribution is 7.15. The molecule has 1 fully saturated rings. The van der Waals surface area contributed by atoms with Crippen LogP contribution in [0.15, 0.2) is 46.7 Å². The minimum absolute atomic E-state index is 0.0272. The number of piperazine rings is 1. The number of hydrogen-bond donors (Lipinski definition) is 1. The maximum atomic E-state index is 12.2. The van der Waals surface area contributed by atoms with Gasteiger partial charge in [0.2, 0.25) is 0 Å². The molecule has 0 saturated carbocycles. The van der Waals surface area contributed by atoms with Crippen molar-refractivity contribution in [3.8, 4) is 0 Å². The van der Waals surface area contributed by atoms with E-state index in [0.717, 1.165) is 40.9 Å². The maximum absolute atomic E-state index is 12.2. The first kappa shape index (κ1) is 15.8. The predicted octanol–water partition coefficient (Wildman–Crippen LogP) is 2.56. The molecule has 3 heterocycles. The van der Waals surface area contributed by atoms with Crippen LogP contribution in [0.25, 0.3) is 4.96 Å². The Balaban J connectivity index is 1.65. The summed E-state index contributed by atoms with van der Waals surface area (Å²) < 4.78 is 1.58. The van der Waals surface area contributed by atoms with E-state index in [1.54, 1.807) is 16.7 Å². The van der Waals surface area contributed by atoms with Crippen molar-refractivity contribution in [3.05, 3.63) is 68.5 Å². The molecule has 7 heteroatoms. The molecule has 0 bridgehead atoms. The zero-order valence-electron chi connectivity index (χ0n) is 13.0. The Hall–Kier alpha value is -1.73. The molecule has 0 amide bonds. The largest absolute Gasteiger partial charge is 0.314 e. The molecule has 0 aliphatic carbocycles. The first-order chi connectivity index (χ1) is 11.7. The van der Waals surface area contributed by atoms with E-state index in [9.17, 15) is 4.79 Å². The molecule has 1 atom stereocenters. The van der Waals surface area contributed by atoms with Crippen LogP contribution >= 0.6 is 22.9 Å². The number of nitrogens with zero attached hydrogens (tertiary/aromatic N) is 3. The topological polar surface area (TPSA) is 49.6 Å². The Labute approximate surface area is 148 Å². The second kappa shape index (κ2) is 6.64. The van der Waals surface area contributed by atoms with E-state index in [0.29, 0.717) is 6.54 Å². The lowest BCUT2D eigenvalue weighted by molar-refractivity contribution is 0.152. The Morgan fingerprint density at radius 2 is 2.25 bits per heavy atom. The predicted molar refractivity (Wildman–Crippen MR) is 96.8 cm³/mol. The van der Waals surface area contributed by atoms with Crippen molar-refractivity contribution in [2.24, 2.45) is 0 Å². The van der Waals surface area contributed by atoms with Gasteiger partial charge in [-0.3, -0.25) is 14.1 Å².